The number of carboxylic acid groups (broad SMARTS) is 1. The molecule has 1 heterocycles. The molecule has 0 aromatic carbocycles. The van der Waals surface area contributed by atoms with Crippen LogP contribution in [0.25, 0.3) is 0 Å². The highest BCUT2D eigenvalue weighted by Gasteiger charge is 2.32. The van der Waals surface area contributed by atoms with Crippen LogP contribution in [0.15, 0.2) is 12.5 Å². The molecule has 0 aliphatic rings. The van der Waals surface area contributed by atoms with E-state index in [1.165, 1.54) is 12.5 Å². The zero-order valence-electron chi connectivity index (χ0n) is 19.4. The Morgan fingerprint density at radius 3 is 2.09 bits per heavy atom. The molecule has 11 N–H and O–H groups in total. The van der Waals surface area contributed by atoms with Gasteiger partial charge in [0, 0.05) is 24.7 Å². The maximum absolute atomic E-state index is 13.0. The van der Waals surface area contributed by atoms with Crippen molar-refractivity contribution in [2.45, 2.75) is 63.7 Å². The molecule has 0 saturated heterocycles. The van der Waals surface area contributed by atoms with Gasteiger partial charge in [0.05, 0.1) is 18.8 Å². The van der Waals surface area contributed by atoms with Crippen molar-refractivity contribution in [1.29, 1.82) is 0 Å². The summed E-state index contributed by atoms with van der Waals surface area (Å²) in [5.74, 6) is -5.81. The number of primary amides is 2. The van der Waals surface area contributed by atoms with Gasteiger partial charge in [-0.15, -0.1) is 0 Å². The summed E-state index contributed by atoms with van der Waals surface area (Å²) in [6, 6.07) is -5.10. The van der Waals surface area contributed by atoms with Gasteiger partial charge in [0.2, 0.25) is 29.5 Å². The third-order valence-corrected chi connectivity index (χ3v) is 4.92. The number of aromatic amines is 1. The first kappa shape index (κ1) is 29.0. The number of hydrogen-bond acceptors (Lipinski definition) is 8. The zero-order chi connectivity index (χ0) is 26.7. The van der Waals surface area contributed by atoms with Gasteiger partial charge < -0.3 is 43.2 Å². The summed E-state index contributed by atoms with van der Waals surface area (Å²) in [5, 5.41) is 16.4. The molecular weight excluding hydrogens is 464 g/mol. The van der Waals surface area contributed by atoms with E-state index in [9.17, 15) is 33.9 Å². The lowest BCUT2D eigenvalue weighted by Crippen LogP contribution is -2.59. The molecule has 35 heavy (non-hydrogen) atoms. The van der Waals surface area contributed by atoms with Crippen LogP contribution in [0.1, 0.15) is 38.8 Å². The quantitative estimate of drug-likeness (QED) is 0.120. The fourth-order valence-corrected chi connectivity index (χ4v) is 2.98. The van der Waals surface area contributed by atoms with Gasteiger partial charge in [0.1, 0.15) is 18.1 Å². The van der Waals surface area contributed by atoms with E-state index in [1.54, 1.807) is 13.8 Å². The second kappa shape index (κ2) is 13.6. The molecule has 15 heteroatoms. The van der Waals surface area contributed by atoms with Gasteiger partial charge >= 0.3 is 5.97 Å². The standard InChI is InChI=1S/C20H32N8O7/c1-9(2)16(28-17(31)11(21)3-4-14(22)29)19(33)26-12(5-10-7-24-8-25-10)18(32)27-13(20(34)35)6-15(23)30/h7-9,11-13,16H,3-6,21H2,1-2H3,(H2,22,29)(H2,23,30)(H,24,25)(H,26,33)(H,27,32)(H,28,31)(H,34,35). The SMILES string of the molecule is CC(C)C(NC(=O)C(N)CCC(N)=O)C(=O)NC(Cc1cnc[nH]1)C(=O)NC(CC(N)=O)C(=O)O. The number of carbonyl (C=O) groups is 6. The molecule has 0 spiro atoms. The number of carboxylic acids is 1. The second-order valence-electron chi connectivity index (χ2n) is 8.25. The molecule has 4 atom stereocenters. The first-order valence-electron chi connectivity index (χ1n) is 10.7. The second-order valence-corrected chi connectivity index (χ2v) is 8.25. The topological polar surface area (TPSA) is 265 Å². The van der Waals surface area contributed by atoms with Gasteiger partial charge in [0.25, 0.3) is 0 Å². The number of aromatic nitrogens is 2. The molecule has 0 bridgehead atoms. The van der Waals surface area contributed by atoms with Crippen LogP contribution >= 0.6 is 0 Å². The number of amides is 5. The van der Waals surface area contributed by atoms with Crippen molar-refractivity contribution in [3.05, 3.63) is 18.2 Å². The number of hydrogen-bond donors (Lipinski definition) is 8. The van der Waals surface area contributed by atoms with Gasteiger partial charge in [-0.05, 0) is 12.3 Å². The monoisotopic (exact) mass is 496 g/mol. The number of nitrogens with one attached hydrogen (secondary N) is 4. The van der Waals surface area contributed by atoms with Crippen LogP contribution in [0.2, 0.25) is 0 Å². The summed E-state index contributed by atoms with van der Waals surface area (Å²) < 4.78 is 0. The maximum Gasteiger partial charge on any atom is 0.326 e. The third-order valence-electron chi connectivity index (χ3n) is 4.92. The minimum absolute atomic E-state index is 0.0190. The van der Waals surface area contributed by atoms with Crippen molar-refractivity contribution in [3.63, 3.8) is 0 Å². The van der Waals surface area contributed by atoms with Crippen molar-refractivity contribution in [3.8, 4) is 0 Å². The van der Waals surface area contributed by atoms with E-state index in [1.807, 2.05) is 0 Å². The fraction of sp³-hybridized carbons (Fsp3) is 0.550. The molecule has 4 unspecified atom stereocenters. The summed E-state index contributed by atoms with van der Waals surface area (Å²) in [4.78, 5) is 78.3. The number of nitrogens with two attached hydrogens (primary N) is 3. The zero-order valence-corrected chi connectivity index (χ0v) is 19.4. The number of carbonyl (C=O) groups excluding carboxylic acids is 5. The minimum atomic E-state index is -1.61. The van der Waals surface area contributed by atoms with Crippen LogP contribution in [0.3, 0.4) is 0 Å². The summed E-state index contributed by atoms with van der Waals surface area (Å²) >= 11 is 0. The Morgan fingerprint density at radius 1 is 0.971 bits per heavy atom. The van der Waals surface area contributed by atoms with E-state index < -0.39 is 72.0 Å². The first-order chi connectivity index (χ1) is 16.3. The van der Waals surface area contributed by atoms with E-state index in [2.05, 4.69) is 25.9 Å². The molecular formula is C20H32N8O7. The number of rotatable bonds is 15. The van der Waals surface area contributed by atoms with E-state index in [0.29, 0.717) is 5.69 Å². The average Bonchev–Trinajstić information content (AvgIpc) is 3.26. The highest BCUT2D eigenvalue weighted by Crippen LogP contribution is 2.07. The van der Waals surface area contributed by atoms with Gasteiger partial charge in [-0.25, -0.2) is 9.78 Å². The fourth-order valence-electron chi connectivity index (χ4n) is 2.98. The lowest BCUT2D eigenvalue weighted by atomic mass is 10.0. The number of imidazole rings is 1. The van der Waals surface area contributed by atoms with Crippen LogP contribution in [-0.4, -0.2) is 74.7 Å². The third kappa shape index (κ3) is 10.2. The van der Waals surface area contributed by atoms with E-state index >= 15 is 0 Å². The van der Waals surface area contributed by atoms with Crippen molar-refractivity contribution >= 4 is 35.5 Å². The maximum atomic E-state index is 13.0. The average molecular weight is 497 g/mol. The van der Waals surface area contributed by atoms with Crippen LogP contribution in [0.5, 0.6) is 0 Å². The summed E-state index contributed by atoms with van der Waals surface area (Å²) in [6.07, 6.45) is 1.87. The molecule has 1 aromatic rings. The van der Waals surface area contributed by atoms with Gasteiger partial charge in [-0.2, -0.15) is 0 Å². The van der Waals surface area contributed by atoms with Crippen LogP contribution in [-0.2, 0) is 35.2 Å². The summed E-state index contributed by atoms with van der Waals surface area (Å²) in [5.41, 5.74) is 16.3. The van der Waals surface area contributed by atoms with Crippen molar-refractivity contribution in [2.75, 3.05) is 0 Å². The van der Waals surface area contributed by atoms with Crippen molar-refractivity contribution in [2.24, 2.45) is 23.1 Å². The predicted octanol–water partition coefficient (Wildman–Crippen LogP) is -3.38. The lowest BCUT2D eigenvalue weighted by Gasteiger charge is -2.26. The minimum Gasteiger partial charge on any atom is -0.480 e. The lowest BCUT2D eigenvalue weighted by molar-refractivity contribution is -0.143. The first-order valence-corrected chi connectivity index (χ1v) is 10.7. The van der Waals surface area contributed by atoms with E-state index in [0.717, 1.165) is 0 Å². The molecule has 5 amide bonds. The van der Waals surface area contributed by atoms with Crippen LogP contribution in [0.4, 0.5) is 0 Å². The molecule has 194 valence electrons. The predicted molar refractivity (Wildman–Crippen MR) is 121 cm³/mol. The Kier molecular flexibility index (Phi) is 11.3. The molecule has 0 fully saturated rings. The summed E-state index contributed by atoms with van der Waals surface area (Å²) in [7, 11) is 0. The summed E-state index contributed by atoms with van der Waals surface area (Å²) in [6.45, 7) is 3.30. The smallest absolute Gasteiger partial charge is 0.326 e. The van der Waals surface area contributed by atoms with Crippen molar-refractivity contribution < 1.29 is 33.9 Å². The van der Waals surface area contributed by atoms with Crippen LogP contribution in [0, 0.1) is 5.92 Å². The van der Waals surface area contributed by atoms with Crippen LogP contribution < -0.4 is 33.2 Å². The number of aliphatic carboxylic acids is 1. The number of H-pyrrole nitrogens is 1. The molecule has 0 aliphatic heterocycles. The molecule has 0 radical (unpaired) electrons. The van der Waals surface area contributed by atoms with Gasteiger partial charge in [-0.3, -0.25) is 24.0 Å². The number of nitrogens with zero attached hydrogens (tertiary/aromatic N) is 1. The normalized spacial score (nSPS) is 14.3. The van der Waals surface area contributed by atoms with E-state index in [-0.39, 0.29) is 19.3 Å². The highest BCUT2D eigenvalue weighted by molar-refractivity contribution is 5.95. The Labute approximate surface area is 200 Å². The van der Waals surface area contributed by atoms with Crippen molar-refractivity contribution in [1.82, 2.24) is 25.9 Å². The Hall–Kier alpha value is -4.01. The Morgan fingerprint density at radius 2 is 1.60 bits per heavy atom. The Bertz CT molecular complexity index is 919. The molecule has 1 rings (SSSR count). The Balaban J connectivity index is 3.01. The molecule has 0 aliphatic carbocycles. The van der Waals surface area contributed by atoms with Gasteiger partial charge in [-0.1, -0.05) is 13.8 Å². The highest BCUT2D eigenvalue weighted by atomic mass is 16.4. The largest absolute Gasteiger partial charge is 0.480 e. The van der Waals surface area contributed by atoms with Gasteiger partial charge in [0.15, 0.2) is 0 Å². The molecule has 15 nitrogen and oxygen atoms in total. The molecule has 1 aromatic heterocycles. The molecule has 0 saturated carbocycles. The van der Waals surface area contributed by atoms with E-state index in [4.69, 9.17) is 17.2 Å².